The van der Waals surface area contributed by atoms with E-state index in [-0.39, 0.29) is 24.5 Å². The van der Waals surface area contributed by atoms with Gasteiger partial charge in [0.05, 0.1) is 24.2 Å². The Morgan fingerprint density at radius 2 is 1.73 bits per heavy atom. The van der Waals surface area contributed by atoms with Gasteiger partial charge in [-0.25, -0.2) is 0 Å². The second-order valence-electron chi connectivity index (χ2n) is 12.8. The maximum Gasteiger partial charge on any atom is 0.311 e. The molecule has 13 atom stereocenters. The minimum atomic E-state index is -1.71. The van der Waals surface area contributed by atoms with E-state index in [9.17, 15) is 25.2 Å². The van der Waals surface area contributed by atoms with Crippen LogP contribution in [0.4, 0.5) is 0 Å². The van der Waals surface area contributed by atoms with E-state index < -0.39 is 66.3 Å². The Bertz CT molecular complexity index is 852. The fourth-order valence-corrected chi connectivity index (χ4v) is 6.22. The Morgan fingerprint density at radius 1 is 1.12 bits per heavy atom. The minimum absolute atomic E-state index is 0.0214. The van der Waals surface area contributed by atoms with Crippen LogP contribution in [0.5, 0.6) is 0 Å². The van der Waals surface area contributed by atoms with Crippen molar-refractivity contribution in [2.75, 3.05) is 27.7 Å². The molecule has 0 aromatic carbocycles. The number of hydrogen-bond donors (Lipinski definition) is 4. The van der Waals surface area contributed by atoms with Crippen molar-refractivity contribution in [3.63, 3.8) is 0 Å². The van der Waals surface area contributed by atoms with Gasteiger partial charge >= 0.3 is 5.97 Å². The van der Waals surface area contributed by atoms with Gasteiger partial charge in [0.15, 0.2) is 6.29 Å². The quantitative estimate of drug-likeness (QED) is 0.292. The van der Waals surface area contributed by atoms with Gasteiger partial charge in [-0.05, 0) is 80.1 Å². The van der Waals surface area contributed by atoms with Crippen LogP contribution in [0.2, 0.25) is 0 Å². The Hall–Kier alpha value is -1.11. The highest BCUT2D eigenvalue weighted by molar-refractivity contribution is 5.73. The monoisotopic (exact) mass is 572 g/mol. The largest absolute Gasteiger partial charge is 0.459 e. The molecular weight excluding hydrogens is 516 g/mol. The summed E-state index contributed by atoms with van der Waals surface area (Å²) in [6.45, 7) is 15.0. The first-order chi connectivity index (χ1) is 18.4. The molecule has 2 heterocycles. The summed E-state index contributed by atoms with van der Waals surface area (Å²) in [5.41, 5.74) is -0.867. The first kappa shape index (κ1) is 35.1. The molecule has 10 heteroatoms. The number of hydrogen-bond acceptors (Lipinski definition) is 10. The lowest BCUT2D eigenvalue weighted by molar-refractivity contribution is -0.271. The normalized spacial score (nSPS) is 45.4. The molecule has 40 heavy (non-hydrogen) atoms. The SMILES string of the molecule is CC[C@H]1OC(=O)[C@H](C)C(O)[C@H](C)[C@@H](O[C@@H]2O[C@H](C)C[C@H](N(C)C)[C@H]2O)C(C)=C[C@@H](C)CN(C)[C@H](C)[C@@H](O)[C@]1(C)O. The van der Waals surface area contributed by atoms with Gasteiger partial charge in [-0.3, -0.25) is 4.79 Å². The number of aliphatic hydroxyl groups is 4. The molecule has 0 aliphatic carbocycles. The second-order valence-corrected chi connectivity index (χ2v) is 12.8. The second kappa shape index (κ2) is 14.4. The molecular formula is C30H56N2O8. The molecule has 0 aromatic rings. The van der Waals surface area contributed by atoms with Crippen LogP contribution >= 0.6 is 0 Å². The van der Waals surface area contributed by atoms with Crippen LogP contribution in [0.15, 0.2) is 11.6 Å². The maximum absolute atomic E-state index is 13.2. The summed E-state index contributed by atoms with van der Waals surface area (Å²) in [7, 11) is 5.70. The van der Waals surface area contributed by atoms with Gasteiger partial charge in [0, 0.05) is 24.5 Å². The molecule has 2 aliphatic rings. The van der Waals surface area contributed by atoms with Crippen molar-refractivity contribution in [1.29, 1.82) is 0 Å². The molecule has 0 saturated carbocycles. The molecule has 0 amide bonds. The first-order valence-corrected chi connectivity index (χ1v) is 14.8. The van der Waals surface area contributed by atoms with Crippen molar-refractivity contribution in [2.45, 2.75) is 129 Å². The van der Waals surface area contributed by atoms with Gasteiger partial charge in [0.1, 0.15) is 23.9 Å². The third-order valence-corrected chi connectivity index (χ3v) is 9.06. The summed E-state index contributed by atoms with van der Waals surface area (Å²) < 4.78 is 18.2. The topological polar surface area (TPSA) is 132 Å². The maximum atomic E-state index is 13.2. The standard InChI is InChI=1S/C30H56N2O8/c1-12-23-30(8,37)27(35)21(7)32(11)15-16(2)13-17(3)26(19(5)24(33)20(6)28(36)39-23)40-29-25(34)22(31(9)10)14-18(4)38-29/h13,16,18-27,29,33-35,37H,12,14-15H2,1-11H3/t16-,18-,19+,20-,21-,22+,23-,24?,25-,26+,27-,29+,30-/m1/s1. The molecule has 0 bridgehead atoms. The number of likely N-dealkylation sites (N-methyl/N-ethyl adjacent to an activating group) is 2. The summed E-state index contributed by atoms with van der Waals surface area (Å²) in [6, 6.07) is -0.595. The lowest BCUT2D eigenvalue weighted by Crippen LogP contribution is -2.59. The zero-order chi connectivity index (χ0) is 30.7. The van der Waals surface area contributed by atoms with Crippen LogP contribution in [0.1, 0.15) is 68.2 Å². The molecule has 1 fully saturated rings. The molecule has 0 aromatic heterocycles. The van der Waals surface area contributed by atoms with Crippen molar-refractivity contribution in [2.24, 2.45) is 17.8 Å². The minimum Gasteiger partial charge on any atom is -0.459 e. The number of cyclic esters (lactones) is 1. The van der Waals surface area contributed by atoms with Gasteiger partial charge in [-0.15, -0.1) is 0 Å². The number of ether oxygens (including phenoxy) is 3. The van der Waals surface area contributed by atoms with E-state index >= 15 is 0 Å². The zero-order valence-corrected chi connectivity index (χ0v) is 26.4. The summed E-state index contributed by atoms with van der Waals surface area (Å²) in [4.78, 5) is 17.2. The van der Waals surface area contributed by atoms with E-state index in [1.807, 2.05) is 65.6 Å². The van der Waals surface area contributed by atoms with Crippen molar-refractivity contribution in [3.05, 3.63) is 11.6 Å². The highest BCUT2D eigenvalue weighted by Crippen LogP contribution is 2.33. The molecule has 2 rings (SSSR count). The first-order valence-electron chi connectivity index (χ1n) is 14.8. The zero-order valence-electron chi connectivity index (χ0n) is 26.4. The third-order valence-electron chi connectivity index (χ3n) is 9.06. The van der Waals surface area contributed by atoms with Crippen LogP contribution in [0.25, 0.3) is 0 Å². The predicted molar refractivity (Wildman–Crippen MR) is 153 cm³/mol. The van der Waals surface area contributed by atoms with Gasteiger partial charge in [-0.1, -0.05) is 26.8 Å². The molecule has 0 spiro atoms. The lowest BCUT2D eigenvalue weighted by atomic mass is 9.85. The molecule has 10 nitrogen and oxygen atoms in total. The summed E-state index contributed by atoms with van der Waals surface area (Å²) in [5.74, 6) is -2.15. The van der Waals surface area contributed by atoms with Crippen molar-refractivity contribution < 1.29 is 39.4 Å². The summed E-state index contributed by atoms with van der Waals surface area (Å²) >= 11 is 0. The predicted octanol–water partition coefficient (Wildman–Crippen LogP) is 1.78. The molecule has 234 valence electrons. The van der Waals surface area contributed by atoms with E-state index in [1.54, 1.807) is 13.8 Å². The average Bonchev–Trinajstić information content (AvgIpc) is 2.88. The van der Waals surface area contributed by atoms with Crippen molar-refractivity contribution in [1.82, 2.24) is 9.80 Å². The van der Waals surface area contributed by atoms with E-state index in [1.165, 1.54) is 6.92 Å². The Morgan fingerprint density at radius 3 is 2.27 bits per heavy atom. The number of aliphatic hydroxyl groups excluding tert-OH is 3. The number of esters is 1. The van der Waals surface area contributed by atoms with Gasteiger partial charge in [0.25, 0.3) is 0 Å². The number of rotatable bonds is 4. The van der Waals surface area contributed by atoms with Gasteiger partial charge in [-0.2, -0.15) is 0 Å². The molecule has 1 unspecified atom stereocenters. The number of carbonyl (C=O) groups excluding carboxylic acids is 1. The smallest absolute Gasteiger partial charge is 0.311 e. The van der Waals surface area contributed by atoms with Crippen LogP contribution in [-0.4, -0.2) is 124 Å². The summed E-state index contributed by atoms with van der Waals surface area (Å²) in [6.07, 6.45) is -2.94. The number of carbonyl (C=O) groups is 1. The molecule has 4 N–H and O–H groups in total. The highest BCUT2D eigenvalue weighted by atomic mass is 16.7. The van der Waals surface area contributed by atoms with Crippen molar-refractivity contribution >= 4 is 5.97 Å². The van der Waals surface area contributed by atoms with E-state index in [2.05, 4.69) is 6.08 Å². The highest BCUT2D eigenvalue weighted by Gasteiger charge is 2.46. The van der Waals surface area contributed by atoms with Crippen LogP contribution < -0.4 is 0 Å². The average molecular weight is 573 g/mol. The van der Waals surface area contributed by atoms with Crippen LogP contribution in [0, 0.1) is 17.8 Å². The van der Waals surface area contributed by atoms with Gasteiger partial charge in [0.2, 0.25) is 0 Å². The van der Waals surface area contributed by atoms with E-state index in [0.29, 0.717) is 13.0 Å². The van der Waals surface area contributed by atoms with Crippen molar-refractivity contribution in [3.8, 4) is 0 Å². The Balaban J connectivity index is 2.51. The summed E-state index contributed by atoms with van der Waals surface area (Å²) in [5, 5.41) is 45.0. The third kappa shape index (κ3) is 8.04. The Kier molecular flexibility index (Phi) is 12.6. The van der Waals surface area contributed by atoms with Gasteiger partial charge < -0.3 is 44.4 Å². The molecule has 0 radical (unpaired) electrons. The fraction of sp³-hybridized carbons (Fsp3) is 0.900. The fourth-order valence-electron chi connectivity index (χ4n) is 6.22. The molecule has 1 saturated heterocycles. The van der Waals surface area contributed by atoms with Crippen LogP contribution in [-0.2, 0) is 19.0 Å². The van der Waals surface area contributed by atoms with Crippen LogP contribution in [0.3, 0.4) is 0 Å². The lowest BCUT2D eigenvalue weighted by Gasteiger charge is -2.43. The van der Waals surface area contributed by atoms with E-state index in [0.717, 1.165) is 5.57 Å². The Labute approximate surface area is 241 Å². The van der Waals surface area contributed by atoms with E-state index in [4.69, 9.17) is 14.2 Å². The number of nitrogens with zero attached hydrogens (tertiary/aromatic N) is 2. The molecule has 2 aliphatic heterocycles.